The number of rotatable bonds is 1. The molecule has 0 aliphatic rings. The first-order chi connectivity index (χ1) is 6.18. The van der Waals surface area contributed by atoms with Gasteiger partial charge in [0.05, 0.1) is 5.52 Å². The number of hydrogen-bond acceptors (Lipinski definition) is 3. The van der Waals surface area contributed by atoms with Crippen molar-refractivity contribution in [1.82, 2.24) is 10.2 Å². The number of benzene rings is 1. The van der Waals surface area contributed by atoms with Gasteiger partial charge in [0.25, 0.3) is 0 Å². The molecule has 3 N–H and O–H groups in total. The van der Waals surface area contributed by atoms with E-state index in [9.17, 15) is 0 Å². The molecule has 1 heterocycles. The molecule has 0 amide bonds. The number of H-pyrrole nitrogens is 1. The average molecular weight is 176 g/mol. The molecule has 0 fully saturated rings. The molecule has 0 unspecified atom stereocenters. The minimum Gasteiger partial charge on any atom is -0.382 e. The van der Waals surface area contributed by atoms with Crippen LogP contribution in [0.3, 0.4) is 0 Å². The highest BCUT2D eigenvalue weighted by molar-refractivity contribution is 5.91. The fraction of sp³-hybridized carbons (Fsp3) is 0.222. The standard InChI is InChI=1S/C9H12N4/c1-13(2)6-3-4-8-7(5-6)9(10)12-11-8/h3-5H,1-2H3,(H3,10,11,12). The highest BCUT2D eigenvalue weighted by Crippen LogP contribution is 2.22. The molecule has 0 radical (unpaired) electrons. The van der Waals surface area contributed by atoms with Gasteiger partial charge in [-0.05, 0) is 18.2 Å². The second-order valence-electron chi connectivity index (χ2n) is 3.23. The largest absolute Gasteiger partial charge is 0.382 e. The van der Waals surface area contributed by atoms with Crippen molar-refractivity contribution < 1.29 is 0 Å². The average Bonchev–Trinajstić information content (AvgIpc) is 2.47. The Balaban J connectivity index is 2.66. The van der Waals surface area contributed by atoms with Gasteiger partial charge in [0.2, 0.25) is 0 Å². The van der Waals surface area contributed by atoms with Crippen LogP contribution in [0, 0.1) is 0 Å². The van der Waals surface area contributed by atoms with Crippen molar-refractivity contribution in [3.8, 4) is 0 Å². The lowest BCUT2D eigenvalue weighted by molar-refractivity contribution is 1.12. The zero-order valence-electron chi connectivity index (χ0n) is 7.70. The van der Waals surface area contributed by atoms with Crippen LogP contribution in [0.25, 0.3) is 10.9 Å². The summed E-state index contributed by atoms with van der Waals surface area (Å²) in [4.78, 5) is 2.03. The van der Waals surface area contributed by atoms with Crippen LogP contribution in [0.4, 0.5) is 11.5 Å². The van der Waals surface area contributed by atoms with Crippen LogP contribution < -0.4 is 10.6 Å². The van der Waals surface area contributed by atoms with Gasteiger partial charge in [-0.25, -0.2) is 0 Å². The topological polar surface area (TPSA) is 57.9 Å². The number of nitrogen functional groups attached to an aromatic ring is 1. The van der Waals surface area contributed by atoms with Crippen molar-refractivity contribution in [2.45, 2.75) is 0 Å². The maximum atomic E-state index is 5.68. The third-order valence-corrected chi connectivity index (χ3v) is 2.09. The molecule has 68 valence electrons. The van der Waals surface area contributed by atoms with Crippen LogP contribution in [-0.4, -0.2) is 24.3 Å². The lowest BCUT2D eigenvalue weighted by Gasteiger charge is -2.11. The molecule has 0 atom stereocenters. The van der Waals surface area contributed by atoms with Gasteiger partial charge in [-0.2, -0.15) is 5.10 Å². The van der Waals surface area contributed by atoms with E-state index in [4.69, 9.17) is 5.73 Å². The van der Waals surface area contributed by atoms with E-state index in [0.29, 0.717) is 5.82 Å². The van der Waals surface area contributed by atoms with Crippen LogP contribution in [0.15, 0.2) is 18.2 Å². The van der Waals surface area contributed by atoms with Gasteiger partial charge in [-0.15, -0.1) is 0 Å². The first-order valence-corrected chi connectivity index (χ1v) is 4.09. The zero-order valence-corrected chi connectivity index (χ0v) is 7.70. The quantitative estimate of drug-likeness (QED) is 0.686. The van der Waals surface area contributed by atoms with E-state index in [2.05, 4.69) is 10.2 Å². The van der Waals surface area contributed by atoms with Gasteiger partial charge in [0, 0.05) is 25.2 Å². The lowest BCUT2D eigenvalue weighted by Crippen LogP contribution is -2.07. The predicted octanol–water partition coefficient (Wildman–Crippen LogP) is 1.21. The third-order valence-electron chi connectivity index (χ3n) is 2.09. The Morgan fingerprint density at radius 3 is 2.85 bits per heavy atom. The molecule has 0 aliphatic heterocycles. The minimum absolute atomic E-state index is 0.554. The molecule has 0 saturated carbocycles. The SMILES string of the molecule is CN(C)c1ccc2[nH]nc(N)c2c1. The lowest BCUT2D eigenvalue weighted by atomic mass is 10.2. The highest BCUT2D eigenvalue weighted by atomic mass is 15.2. The summed E-state index contributed by atoms with van der Waals surface area (Å²) in [6.07, 6.45) is 0. The molecule has 1 aromatic heterocycles. The molecule has 1 aromatic carbocycles. The number of aromatic nitrogens is 2. The fourth-order valence-corrected chi connectivity index (χ4v) is 1.30. The van der Waals surface area contributed by atoms with Crippen LogP contribution >= 0.6 is 0 Å². The van der Waals surface area contributed by atoms with Gasteiger partial charge >= 0.3 is 0 Å². The smallest absolute Gasteiger partial charge is 0.153 e. The monoisotopic (exact) mass is 176 g/mol. The Labute approximate surface area is 76.3 Å². The normalized spacial score (nSPS) is 10.6. The number of anilines is 2. The minimum atomic E-state index is 0.554. The maximum absolute atomic E-state index is 5.68. The van der Waals surface area contributed by atoms with E-state index in [-0.39, 0.29) is 0 Å². The Hall–Kier alpha value is -1.71. The number of nitrogens with two attached hydrogens (primary N) is 1. The van der Waals surface area contributed by atoms with E-state index in [1.54, 1.807) is 0 Å². The molecular formula is C9H12N4. The number of fused-ring (bicyclic) bond motifs is 1. The fourth-order valence-electron chi connectivity index (χ4n) is 1.30. The Morgan fingerprint density at radius 2 is 2.15 bits per heavy atom. The second kappa shape index (κ2) is 2.65. The summed E-state index contributed by atoms with van der Waals surface area (Å²) in [6, 6.07) is 6.03. The molecule has 4 heteroatoms. The predicted molar refractivity (Wildman–Crippen MR) is 54.8 cm³/mol. The van der Waals surface area contributed by atoms with Gasteiger partial charge < -0.3 is 10.6 Å². The van der Waals surface area contributed by atoms with Crippen LogP contribution in [0.2, 0.25) is 0 Å². The van der Waals surface area contributed by atoms with Gasteiger partial charge in [-0.3, -0.25) is 5.10 Å². The Morgan fingerprint density at radius 1 is 1.38 bits per heavy atom. The molecule has 4 nitrogen and oxygen atoms in total. The van der Waals surface area contributed by atoms with Crippen LogP contribution in [0.1, 0.15) is 0 Å². The van der Waals surface area contributed by atoms with Crippen molar-refractivity contribution in [3.63, 3.8) is 0 Å². The summed E-state index contributed by atoms with van der Waals surface area (Å²) in [5, 5.41) is 7.77. The van der Waals surface area contributed by atoms with Crippen molar-refractivity contribution >= 4 is 22.4 Å². The van der Waals surface area contributed by atoms with Crippen molar-refractivity contribution in [1.29, 1.82) is 0 Å². The van der Waals surface area contributed by atoms with E-state index in [1.165, 1.54) is 0 Å². The third kappa shape index (κ3) is 1.20. The summed E-state index contributed by atoms with van der Waals surface area (Å²) in [5.41, 5.74) is 7.79. The van der Waals surface area contributed by atoms with Gasteiger partial charge in [0.1, 0.15) is 0 Å². The molecule has 0 bridgehead atoms. The molecule has 2 rings (SSSR count). The van der Waals surface area contributed by atoms with E-state index in [1.807, 2.05) is 37.2 Å². The Kier molecular flexibility index (Phi) is 1.62. The number of nitrogens with one attached hydrogen (secondary N) is 1. The number of hydrogen-bond donors (Lipinski definition) is 2. The summed E-state index contributed by atoms with van der Waals surface area (Å²) in [6.45, 7) is 0. The van der Waals surface area contributed by atoms with E-state index in [0.717, 1.165) is 16.6 Å². The maximum Gasteiger partial charge on any atom is 0.153 e. The van der Waals surface area contributed by atoms with Crippen molar-refractivity contribution in [2.75, 3.05) is 24.7 Å². The number of nitrogens with zero attached hydrogens (tertiary/aromatic N) is 2. The molecule has 2 aromatic rings. The zero-order chi connectivity index (χ0) is 9.42. The van der Waals surface area contributed by atoms with E-state index >= 15 is 0 Å². The van der Waals surface area contributed by atoms with Gasteiger partial charge in [0.15, 0.2) is 5.82 Å². The molecule has 0 saturated heterocycles. The summed E-state index contributed by atoms with van der Waals surface area (Å²) in [5.74, 6) is 0.554. The molecule has 0 aliphatic carbocycles. The second-order valence-corrected chi connectivity index (χ2v) is 3.23. The highest BCUT2D eigenvalue weighted by Gasteiger charge is 2.03. The summed E-state index contributed by atoms with van der Waals surface area (Å²) < 4.78 is 0. The van der Waals surface area contributed by atoms with Crippen LogP contribution in [-0.2, 0) is 0 Å². The van der Waals surface area contributed by atoms with Crippen molar-refractivity contribution in [3.05, 3.63) is 18.2 Å². The Bertz CT molecular complexity index is 430. The number of aromatic amines is 1. The molecule has 13 heavy (non-hydrogen) atoms. The van der Waals surface area contributed by atoms with Gasteiger partial charge in [-0.1, -0.05) is 0 Å². The molecule has 0 spiro atoms. The summed E-state index contributed by atoms with van der Waals surface area (Å²) in [7, 11) is 3.99. The summed E-state index contributed by atoms with van der Waals surface area (Å²) >= 11 is 0. The van der Waals surface area contributed by atoms with Crippen molar-refractivity contribution in [2.24, 2.45) is 0 Å². The van der Waals surface area contributed by atoms with E-state index < -0.39 is 0 Å². The molecular weight excluding hydrogens is 164 g/mol. The van der Waals surface area contributed by atoms with Crippen LogP contribution in [0.5, 0.6) is 0 Å². The first kappa shape index (κ1) is 7.91. The first-order valence-electron chi connectivity index (χ1n) is 4.09.